The van der Waals surface area contributed by atoms with E-state index in [4.69, 9.17) is 9.47 Å². The second-order valence-corrected chi connectivity index (χ2v) is 7.85. The second kappa shape index (κ2) is 7.13. The lowest BCUT2D eigenvalue weighted by Crippen LogP contribution is -2.51. The average Bonchev–Trinajstić information content (AvgIpc) is 3.30. The quantitative estimate of drug-likeness (QED) is 0.717. The summed E-state index contributed by atoms with van der Waals surface area (Å²) in [6.45, 7) is 1.38. The maximum absolute atomic E-state index is 13.1. The number of amides is 1. The Morgan fingerprint density at radius 2 is 1.73 bits per heavy atom. The number of likely N-dealkylation sites (tertiary alicyclic amines) is 1. The van der Waals surface area contributed by atoms with Crippen molar-refractivity contribution in [3.8, 4) is 17.2 Å². The van der Waals surface area contributed by atoms with Gasteiger partial charge in [0.1, 0.15) is 0 Å². The molecule has 3 heterocycles. The van der Waals surface area contributed by atoms with Gasteiger partial charge in [-0.3, -0.25) is 4.79 Å². The standard InChI is InChI=1S/C24H25N3O3/c1-29-20-10-9-17(16-21(20)30-2)23(28)26-14-11-24(12-15-26)22-8-5-13-27(22)19-7-4-3-6-18(19)25-24/h3-10,13,16,25H,11-12,14-15H2,1-2H3. The number of para-hydroxylation sites is 2. The van der Waals surface area contributed by atoms with E-state index in [-0.39, 0.29) is 11.4 Å². The molecule has 6 heteroatoms. The van der Waals surface area contributed by atoms with Crippen molar-refractivity contribution in [3.05, 3.63) is 72.1 Å². The fourth-order valence-electron chi connectivity index (χ4n) is 4.72. The number of fused-ring (bicyclic) bond motifs is 4. The number of nitrogens with zero attached hydrogens (tertiary/aromatic N) is 2. The number of methoxy groups -OCH3 is 2. The summed E-state index contributed by atoms with van der Waals surface area (Å²) in [7, 11) is 3.17. The van der Waals surface area contributed by atoms with E-state index >= 15 is 0 Å². The first-order chi connectivity index (χ1) is 14.6. The van der Waals surface area contributed by atoms with Gasteiger partial charge in [0.15, 0.2) is 11.5 Å². The first-order valence-electron chi connectivity index (χ1n) is 10.2. The highest BCUT2D eigenvalue weighted by molar-refractivity contribution is 5.95. The molecule has 1 saturated heterocycles. The van der Waals surface area contributed by atoms with Crippen molar-refractivity contribution in [1.82, 2.24) is 9.47 Å². The molecule has 5 rings (SSSR count). The van der Waals surface area contributed by atoms with E-state index in [0.29, 0.717) is 30.2 Å². The molecule has 6 nitrogen and oxygen atoms in total. The normalized spacial score (nSPS) is 16.4. The Balaban J connectivity index is 1.38. The van der Waals surface area contributed by atoms with Crippen LogP contribution in [0.2, 0.25) is 0 Å². The van der Waals surface area contributed by atoms with Crippen LogP contribution in [-0.2, 0) is 5.54 Å². The molecule has 1 amide bonds. The van der Waals surface area contributed by atoms with Crippen LogP contribution in [-0.4, -0.2) is 42.7 Å². The van der Waals surface area contributed by atoms with Gasteiger partial charge in [0.2, 0.25) is 0 Å². The van der Waals surface area contributed by atoms with Crippen LogP contribution in [0.5, 0.6) is 11.5 Å². The SMILES string of the molecule is COc1ccc(C(=O)N2CCC3(CC2)Nc2ccccc2-n2cccc23)cc1OC. The summed E-state index contributed by atoms with van der Waals surface area (Å²) in [6.07, 6.45) is 3.83. The number of piperidine rings is 1. The van der Waals surface area contributed by atoms with E-state index in [1.807, 2.05) is 4.90 Å². The largest absolute Gasteiger partial charge is 0.493 e. The highest BCUT2D eigenvalue weighted by Gasteiger charge is 2.42. The highest BCUT2D eigenvalue weighted by atomic mass is 16.5. The molecule has 2 aliphatic heterocycles. The van der Waals surface area contributed by atoms with Crippen LogP contribution >= 0.6 is 0 Å². The molecule has 30 heavy (non-hydrogen) atoms. The first-order valence-corrected chi connectivity index (χ1v) is 10.2. The van der Waals surface area contributed by atoms with Crippen molar-refractivity contribution in [2.45, 2.75) is 18.4 Å². The van der Waals surface area contributed by atoms with Crippen molar-refractivity contribution in [1.29, 1.82) is 0 Å². The number of rotatable bonds is 3. The van der Waals surface area contributed by atoms with Crippen molar-refractivity contribution in [2.24, 2.45) is 0 Å². The zero-order chi connectivity index (χ0) is 20.7. The average molecular weight is 403 g/mol. The molecule has 0 atom stereocenters. The highest BCUT2D eigenvalue weighted by Crippen LogP contribution is 2.43. The van der Waals surface area contributed by atoms with Crippen LogP contribution in [0.4, 0.5) is 5.69 Å². The van der Waals surface area contributed by atoms with Crippen LogP contribution < -0.4 is 14.8 Å². The molecule has 3 aromatic rings. The predicted octanol–water partition coefficient (Wildman–Crippen LogP) is 4.05. The topological polar surface area (TPSA) is 55.7 Å². The van der Waals surface area contributed by atoms with Crippen molar-refractivity contribution in [3.63, 3.8) is 0 Å². The molecule has 0 bridgehead atoms. The van der Waals surface area contributed by atoms with Gasteiger partial charge in [-0.05, 0) is 55.3 Å². The van der Waals surface area contributed by atoms with Gasteiger partial charge in [0.25, 0.3) is 5.91 Å². The van der Waals surface area contributed by atoms with E-state index < -0.39 is 0 Å². The number of anilines is 1. The van der Waals surface area contributed by atoms with E-state index in [0.717, 1.165) is 18.5 Å². The Labute approximate surface area is 176 Å². The number of ether oxygens (including phenoxy) is 2. The Morgan fingerprint density at radius 3 is 2.50 bits per heavy atom. The first kappa shape index (κ1) is 18.6. The van der Waals surface area contributed by atoms with Crippen molar-refractivity contribution < 1.29 is 14.3 Å². The summed E-state index contributed by atoms with van der Waals surface area (Å²) in [5, 5.41) is 3.79. The Hall–Kier alpha value is -3.41. The summed E-state index contributed by atoms with van der Waals surface area (Å²) < 4.78 is 12.9. The Morgan fingerprint density at radius 1 is 0.967 bits per heavy atom. The van der Waals surface area contributed by atoms with Crippen LogP contribution in [0.25, 0.3) is 5.69 Å². The molecule has 1 aromatic heterocycles. The lowest BCUT2D eigenvalue weighted by molar-refractivity contribution is 0.0676. The van der Waals surface area contributed by atoms with E-state index in [1.165, 1.54) is 11.4 Å². The number of hydrogen-bond donors (Lipinski definition) is 1. The molecule has 0 radical (unpaired) electrons. The molecule has 1 spiro atoms. The third kappa shape index (κ3) is 2.83. The lowest BCUT2D eigenvalue weighted by atomic mass is 9.82. The van der Waals surface area contributed by atoms with Crippen molar-refractivity contribution >= 4 is 11.6 Å². The summed E-state index contributed by atoms with van der Waals surface area (Å²) in [5.41, 5.74) is 4.04. The van der Waals surface area contributed by atoms with Crippen LogP contribution in [0.15, 0.2) is 60.8 Å². The third-order valence-electron chi connectivity index (χ3n) is 6.31. The second-order valence-electron chi connectivity index (χ2n) is 7.85. The number of nitrogens with one attached hydrogen (secondary N) is 1. The van der Waals surface area contributed by atoms with Crippen LogP contribution in [0.3, 0.4) is 0 Å². The third-order valence-corrected chi connectivity index (χ3v) is 6.31. The number of hydrogen-bond acceptors (Lipinski definition) is 4. The lowest BCUT2D eigenvalue weighted by Gasteiger charge is -2.46. The van der Waals surface area contributed by atoms with Crippen LogP contribution in [0.1, 0.15) is 28.9 Å². The van der Waals surface area contributed by atoms with Crippen LogP contribution in [0, 0.1) is 0 Å². The monoisotopic (exact) mass is 403 g/mol. The van der Waals surface area contributed by atoms with Gasteiger partial charge >= 0.3 is 0 Å². The molecular weight excluding hydrogens is 378 g/mol. The van der Waals surface area contributed by atoms with Gasteiger partial charge < -0.3 is 24.3 Å². The molecule has 1 N–H and O–H groups in total. The maximum Gasteiger partial charge on any atom is 0.253 e. The molecule has 0 aliphatic carbocycles. The van der Waals surface area contributed by atoms with Gasteiger partial charge in [0, 0.05) is 30.5 Å². The summed E-state index contributed by atoms with van der Waals surface area (Å²) in [4.78, 5) is 15.1. The van der Waals surface area contributed by atoms with E-state index in [2.05, 4.69) is 52.5 Å². The number of carbonyl (C=O) groups excluding carboxylic acids is 1. The fourth-order valence-corrected chi connectivity index (χ4v) is 4.72. The summed E-state index contributed by atoms with van der Waals surface area (Å²) in [6, 6.07) is 18.0. The minimum Gasteiger partial charge on any atom is -0.493 e. The minimum absolute atomic E-state index is 0.0254. The van der Waals surface area contributed by atoms with E-state index in [1.54, 1.807) is 32.4 Å². The summed E-state index contributed by atoms with van der Waals surface area (Å²) >= 11 is 0. The van der Waals surface area contributed by atoms with Crippen molar-refractivity contribution in [2.75, 3.05) is 32.6 Å². The zero-order valence-corrected chi connectivity index (χ0v) is 17.2. The molecule has 0 unspecified atom stereocenters. The molecular formula is C24H25N3O3. The molecule has 154 valence electrons. The fraction of sp³-hybridized carbons (Fsp3) is 0.292. The van der Waals surface area contributed by atoms with Gasteiger partial charge in [-0.1, -0.05) is 12.1 Å². The van der Waals surface area contributed by atoms with Gasteiger partial charge in [-0.25, -0.2) is 0 Å². The van der Waals surface area contributed by atoms with E-state index in [9.17, 15) is 4.79 Å². The Bertz CT molecular complexity index is 1100. The molecule has 0 saturated carbocycles. The zero-order valence-electron chi connectivity index (χ0n) is 17.2. The predicted molar refractivity (Wildman–Crippen MR) is 116 cm³/mol. The molecule has 2 aromatic carbocycles. The molecule has 1 fully saturated rings. The van der Waals surface area contributed by atoms with Gasteiger partial charge in [-0.2, -0.15) is 0 Å². The van der Waals surface area contributed by atoms with Gasteiger partial charge in [0.05, 0.1) is 31.1 Å². The number of carbonyl (C=O) groups is 1. The number of benzene rings is 2. The maximum atomic E-state index is 13.1. The minimum atomic E-state index is -0.160. The number of aromatic nitrogens is 1. The molecule has 2 aliphatic rings. The summed E-state index contributed by atoms with van der Waals surface area (Å²) in [5.74, 6) is 1.22. The Kier molecular flexibility index (Phi) is 4.42. The smallest absolute Gasteiger partial charge is 0.253 e. The van der Waals surface area contributed by atoms with Gasteiger partial charge in [-0.15, -0.1) is 0 Å².